The van der Waals surface area contributed by atoms with Gasteiger partial charge in [-0.05, 0) is 46.6 Å². The van der Waals surface area contributed by atoms with Crippen LogP contribution >= 0.6 is 0 Å². The largest absolute Gasteiger partial charge is 0.449 e. The zero-order chi connectivity index (χ0) is 21.9. The van der Waals surface area contributed by atoms with Crippen molar-refractivity contribution in [1.29, 1.82) is 0 Å². The standard InChI is InChI=1S/C20H29N5O4/c1-10(2)16-8-14(15-9-21-25(12(5)6)17(15)23-16)19(27)29-13(7)18(26)24-20(28)22-11(3)4/h8-13H,1-7H3,(H2,22,24,26,28)/t13-/m0/s1. The van der Waals surface area contributed by atoms with Crippen LogP contribution in [-0.2, 0) is 9.53 Å². The van der Waals surface area contributed by atoms with Crippen molar-refractivity contribution in [2.24, 2.45) is 0 Å². The number of pyridine rings is 1. The minimum absolute atomic E-state index is 0.0652. The first-order valence-electron chi connectivity index (χ1n) is 9.71. The number of esters is 1. The van der Waals surface area contributed by atoms with Gasteiger partial charge in [0.2, 0.25) is 0 Å². The molecule has 0 saturated carbocycles. The van der Waals surface area contributed by atoms with Crippen molar-refractivity contribution in [3.63, 3.8) is 0 Å². The number of hydrogen-bond acceptors (Lipinski definition) is 6. The quantitative estimate of drug-likeness (QED) is 0.717. The lowest BCUT2D eigenvalue weighted by Gasteiger charge is -2.15. The molecule has 1 atom stereocenters. The Hall–Kier alpha value is -2.97. The predicted molar refractivity (Wildman–Crippen MR) is 109 cm³/mol. The highest BCUT2D eigenvalue weighted by Gasteiger charge is 2.24. The maximum absolute atomic E-state index is 12.8. The van der Waals surface area contributed by atoms with E-state index in [1.807, 2.05) is 27.7 Å². The molecule has 0 bridgehead atoms. The van der Waals surface area contributed by atoms with Crippen molar-refractivity contribution in [1.82, 2.24) is 25.4 Å². The molecular formula is C20H29N5O4. The molecular weight excluding hydrogens is 374 g/mol. The number of urea groups is 1. The summed E-state index contributed by atoms with van der Waals surface area (Å²) in [5.74, 6) is -1.29. The molecule has 0 fully saturated rings. The van der Waals surface area contributed by atoms with Gasteiger partial charge in [0.15, 0.2) is 11.8 Å². The number of nitrogens with one attached hydrogen (secondary N) is 2. The number of aromatic nitrogens is 3. The van der Waals surface area contributed by atoms with Crippen LogP contribution in [0, 0.1) is 0 Å². The van der Waals surface area contributed by atoms with E-state index in [2.05, 4.69) is 20.7 Å². The van der Waals surface area contributed by atoms with Crippen LogP contribution in [-0.4, -0.2) is 44.8 Å². The smallest absolute Gasteiger partial charge is 0.339 e. The third kappa shape index (κ3) is 5.30. The Labute approximate surface area is 170 Å². The molecule has 0 radical (unpaired) electrons. The summed E-state index contributed by atoms with van der Waals surface area (Å²) in [5, 5.41) is 9.59. The lowest BCUT2D eigenvalue weighted by atomic mass is 10.1. The minimum atomic E-state index is -1.15. The summed E-state index contributed by atoms with van der Waals surface area (Å²) in [6.07, 6.45) is 0.426. The van der Waals surface area contributed by atoms with E-state index >= 15 is 0 Å². The number of fused-ring (bicyclic) bond motifs is 1. The Morgan fingerprint density at radius 2 is 1.72 bits per heavy atom. The first-order chi connectivity index (χ1) is 13.5. The second-order valence-electron chi connectivity index (χ2n) is 7.83. The number of carbonyl (C=O) groups excluding carboxylic acids is 3. The highest BCUT2D eigenvalue weighted by atomic mass is 16.5. The summed E-state index contributed by atoms with van der Waals surface area (Å²) in [7, 11) is 0. The topological polar surface area (TPSA) is 115 Å². The summed E-state index contributed by atoms with van der Waals surface area (Å²) >= 11 is 0. The predicted octanol–water partition coefficient (Wildman–Crippen LogP) is 2.92. The molecule has 0 spiro atoms. The van der Waals surface area contributed by atoms with Crippen LogP contribution in [0.4, 0.5) is 4.79 Å². The fraction of sp³-hybridized carbons (Fsp3) is 0.550. The molecule has 2 heterocycles. The van der Waals surface area contributed by atoms with Crippen molar-refractivity contribution in [2.75, 3.05) is 0 Å². The fourth-order valence-electron chi connectivity index (χ4n) is 2.67. The zero-order valence-electron chi connectivity index (χ0n) is 17.9. The van der Waals surface area contributed by atoms with Gasteiger partial charge in [-0.1, -0.05) is 13.8 Å². The van der Waals surface area contributed by atoms with Crippen molar-refractivity contribution in [3.05, 3.63) is 23.5 Å². The summed E-state index contributed by atoms with van der Waals surface area (Å²) in [4.78, 5) is 41.3. The van der Waals surface area contributed by atoms with E-state index in [1.165, 1.54) is 6.92 Å². The van der Waals surface area contributed by atoms with Crippen molar-refractivity contribution in [3.8, 4) is 0 Å². The van der Waals surface area contributed by atoms with Crippen LogP contribution in [0.25, 0.3) is 11.0 Å². The Morgan fingerprint density at radius 1 is 1.07 bits per heavy atom. The molecule has 0 aromatic carbocycles. The molecule has 0 aliphatic heterocycles. The van der Waals surface area contributed by atoms with Gasteiger partial charge in [0.25, 0.3) is 5.91 Å². The van der Waals surface area contributed by atoms with Gasteiger partial charge < -0.3 is 10.1 Å². The first-order valence-corrected chi connectivity index (χ1v) is 9.71. The number of ether oxygens (including phenoxy) is 1. The van der Waals surface area contributed by atoms with Crippen LogP contribution < -0.4 is 10.6 Å². The Bertz CT molecular complexity index is 917. The van der Waals surface area contributed by atoms with Crippen molar-refractivity contribution < 1.29 is 19.1 Å². The lowest BCUT2D eigenvalue weighted by molar-refractivity contribution is -0.127. The van der Waals surface area contributed by atoms with Gasteiger partial charge in [0.1, 0.15) is 0 Å². The maximum Gasteiger partial charge on any atom is 0.339 e. The Morgan fingerprint density at radius 3 is 2.28 bits per heavy atom. The van der Waals surface area contributed by atoms with Gasteiger partial charge in [0, 0.05) is 17.8 Å². The molecule has 9 nitrogen and oxygen atoms in total. The summed E-state index contributed by atoms with van der Waals surface area (Å²) in [6.45, 7) is 12.9. The number of imide groups is 1. The van der Waals surface area contributed by atoms with E-state index in [1.54, 1.807) is 30.8 Å². The lowest BCUT2D eigenvalue weighted by Crippen LogP contribution is -2.46. The van der Waals surface area contributed by atoms with Crippen LogP contribution in [0.2, 0.25) is 0 Å². The number of rotatable bonds is 6. The van der Waals surface area contributed by atoms with Crippen LogP contribution in [0.3, 0.4) is 0 Å². The molecule has 2 rings (SSSR count). The third-order valence-electron chi connectivity index (χ3n) is 4.20. The zero-order valence-corrected chi connectivity index (χ0v) is 17.9. The third-order valence-corrected chi connectivity index (χ3v) is 4.20. The molecule has 29 heavy (non-hydrogen) atoms. The molecule has 2 N–H and O–H groups in total. The van der Waals surface area contributed by atoms with Gasteiger partial charge in [-0.15, -0.1) is 0 Å². The molecule has 0 unspecified atom stereocenters. The fourth-order valence-corrected chi connectivity index (χ4v) is 2.67. The van der Waals surface area contributed by atoms with E-state index in [0.29, 0.717) is 11.0 Å². The second kappa shape index (κ2) is 9.02. The Balaban J connectivity index is 2.28. The SMILES string of the molecule is CC(C)NC(=O)NC(=O)[C@H](C)OC(=O)c1cc(C(C)C)nc2c1cnn2C(C)C. The molecule has 0 aliphatic rings. The summed E-state index contributed by atoms with van der Waals surface area (Å²) in [5.41, 5.74) is 1.60. The number of carbonyl (C=O) groups is 3. The molecule has 2 aromatic rings. The van der Waals surface area contributed by atoms with Crippen LogP contribution in [0.5, 0.6) is 0 Å². The van der Waals surface area contributed by atoms with E-state index in [9.17, 15) is 14.4 Å². The summed E-state index contributed by atoms with van der Waals surface area (Å²) < 4.78 is 7.06. The van der Waals surface area contributed by atoms with Gasteiger partial charge in [0.05, 0.1) is 17.1 Å². The van der Waals surface area contributed by atoms with Gasteiger partial charge in [-0.3, -0.25) is 10.1 Å². The Kier molecular flexibility index (Phi) is 6.94. The van der Waals surface area contributed by atoms with Crippen LogP contribution in [0.15, 0.2) is 12.3 Å². The minimum Gasteiger partial charge on any atom is -0.449 e. The molecule has 9 heteroatoms. The normalized spacial score (nSPS) is 12.5. The van der Waals surface area contributed by atoms with Gasteiger partial charge in [-0.25, -0.2) is 19.3 Å². The highest BCUT2D eigenvalue weighted by Crippen LogP contribution is 2.25. The van der Waals surface area contributed by atoms with Gasteiger partial charge >= 0.3 is 12.0 Å². The van der Waals surface area contributed by atoms with E-state index in [4.69, 9.17) is 4.74 Å². The average Bonchev–Trinajstić information content (AvgIpc) is 3.03. The molecule has 3 amide bonds. The molecule has 0 aliphatic carbocycles. The number of hydrogen-bond donors (Lipinski definition) is 2. The maximum atomic E-state index is 12.8. The molecule has 0 saturated heterocycles. The van der Waals surface area contributed by atoms with Crippen molar-refractivity contribution >= 4 is 28.9 Å². The first kappa shape index (κ1) is 22.3. The van der Waals surface area contributed by atoms with E-state index in [0.717, 1.165) is 5.69 Å². The van der Waals surface area contributed by atoms with Crippen LogP contribution in [0.1, 0.15) is 76.5 Å². The van der Waals surface area contributed by atoms with E-state index in [-0.39, 0.29) is 23.6 Å². The number of amides is 3. The summed E-state index contributed by atoms with van der Waals surface area (Å²) in [6, 6.07) is 0.963. The average molecular weight is 403 g/mol. The second-order valence-corrected chi connectivity index (χ2v) is 7.83. The highest BCUT2D eigenvalue weighted by molar-refractivity contribution is 6.04. The van der Waals surface area contributed by atoms with Gasteiger partial charge in [-0.2, -0.15) is 5.10 Å². The van der Waals surface area contributed by atoms with E-state index < -0.39 is 24.0 Å². The number of nitrogens with zero attached hydrogens (tertiary/aromatic N) is 3. The van der Waals surface area contributed by atoms with Crippen molar-refractivity contribution in [2.45, 2.75) is 72.6 Å². The molecule has 2 aromatic heterocycles. The molecule has 158 valence electrons. The monoisotopic (exact) mass is 403 g/mol.